The van der Waals surface area contributed by atoms with Crippen molar-refractivity contribution < 1.29 is 9.59 Å². The van der Waals surface area contributed by atoms with Crippen LogP contribution < -0.4 is 0 Å². The Morgan fingerprint density at radius 2 is 1.88 bits per heavy atom. The molecule has 1 aliphatic heterocycles. The second-order valence-electron chi connectivity index (χ2n) is 4.72. The van der Waals surface area contributed by atoms with Gasteiger partial charge < -0.3 is 0 Å². The summed E-state index contributed by atoms with van der Waals surface area (Å²) in [4.78, 5) is 27.7. The summed E-state index contributed by atoms with van der Waals surface area (Å²) >= 11 is 0. The maximum Gasteiger partial charge on any atom is 0.166 e. The van der Waals surface area contributed by atoms with Gasteiger partial charge in [-0.1, -0.05) is 33.8 Å². The molecule has 0 amide bonds. The number of rotatable bonds is 5. The summed E-state index contributed by atoms with van der Waals surface area (Å²) in [5.41, 5.74) is 1.33. The van der Waals surface area contributed by atoms with Gasteiger partial charge in [0.15, 0.2) is 5.78 Å². The molecule has 0 N–H and O–H groups in total. The van der Waals surface area contributed by atoms with E-state index >= 15 is 0 Å². The van der Waals surface area contributed by atoms with Crippen molar-refractivity contribution in [1.82, 2.24) is 0 Å². The van der Waals surface area contributed by atoms with E-state index in [4.69, 9.17) is 0 Å². The second-order valence-corrected chi connectivity index (χ2v) is 4.72. The van der Waals surface area contributed by atoms with Crippen molar-refractivity contribution in [2.45, 2.75) is 34.1 Å². The quantitative estimate of drug-likeness (QED) is 0.714. The number of ketones is 2. The largest absolute Gasteiger partial charge is 0.299 e. The Hall–Kier alpha value is -1.25. The highest BCUT2D eigenvalue weighted by atomic mass is 16.1. The maximum absolute atomic E-state index is 11.8. The first-order chi connectivity index (χ1) is 7.43. The Morgan fingerprint density at radius 3 is 2.38 bits per heavy atom. The van der Waals surface area contributed by atoms with E-state index in [1.54, 1.807) is 0 Å². The summed E-state index contributed by atoms with van der Waals surface area (Å²) in [7, 11) is 0. The first kappa shape index (κ1) is 12.8. The molecule has 1 rings (SSSR count). The lowest BCUT2D eigenvalue weighted by atomic mass is 9.93. The number of carbonyl (C=O) groups is 2. The molecule has 0 radical (unpaired) electrons. The molecule has 3 heteroatoms. The van der Waals surface area contributed by atoms with Gasteiger partial charge in [-0.15, -0.1) is 0 Å². The van der Waals surface area contributed by atoms with E-state index in [1.807, 2.05) is 33.8 Å². The van der Waals surface area contributed by atoms with Gasteiger partial charge in [0.25, 0.3) is 0 Å². The lowest BCUT2D eigenvalue weighted by Crippen LogP contribution is -2.20. The third-order valence-electron chi connectivity index (χ3n) is 2.66. The van der Waals surface area contributed by atoms with Gasteiger partial charge in [0.1, 0.15) is 5.78 Å². The van der Waals surface area contributed by atoms with Crippen molar-refractivity contribution in [3.05, 3.63) is 11.6 Å². The molecule has 0 aliphatic carbocycles. The number of nitrogens with zero attached hydrogens (tertiary/aromatic N) is 1. The molecule has 0 unspecified atom stereocenters. The highest BCUT2D eigenvalue weighted by Crippen LogP contribution is 2.17. The summed E-state index contributed by atoms with van der Waals surface area (Å²) in [5, 5.41) is 0. The Morgan fingerprint density at radius 1 is 1.25 bits per heavy atom. The lowest BCUT2D eigenvalue weighted by molar-refractivity contribution is -0.120. The molecule has 0 saturated carbocycles. The van der Waals surface area contributed by atoms with Crippen LogP contribution in [0.3, 0.4) is 0 Å². The van der Waals surface area contributed by atoms with E-state index in [2.05, 4.69) is 4.99 Å². The summed E-state index contributed by atoms with van der Waals surface area (Å²) in [6, 6.07) is 0. The van der Waals surface area contributed by atoms with Crippen molar-refractivity contribution in [3.8, 4) is 0 Å². The third-order valence-corrected chi connectivity index (χ3v) is 2.66. The van der Waals surface area contributed by atoms with E-state index in [-0.39, 0.29) is 23.4 Å². The van der Waals surface area contributed by atoms with E-state index in [0.29, 0.717) is 24.3 Å². The minimum absolute atomic E-state index is 0.00120. The summed E-state index contributed by atoms with van der Waals surface area (Å²) in [6.07, 6.45) is 2.12. The number of Topliss-reactive ketones (excluding diaryl/α,β-unsaturated/α-hetero) is 2. The van der Waals surface area contributed by atoms with E-state index in [1.165, 1.54) is 0 Å². The van der Waals surface area contributed by atoms with Crippen LogP contribution in [0.1, 0.15) is 34.1 Å². The molecule has 88 valence electrons. The lowest BCUT2D eigenvalue weighted by Gasteiger charge is -2.09. The Labute approximate surface area is 96.6 Å². The Balaban J connectivity index is 2.73. The SMILES string of the molecule is CC(C)C(=O)CC1=NCC=C1C(=O)C(C)C. The highest BCUT2D eigenvalue weighted by Gasteiger charge is 2.23. The fourth-order valence-corrected chi connectivity index (χ4v) is 1.52. The van der Waals surface area contributed by atoms with Crippen LogP contribution in [-0.4, -0.2) is 23.8 Å². The monoisotopic (exact) mass is 221 g/mol. The van der Waals surface area contributed by atoms with Crippen LogP contribution in [0.15, 0.2) is 16.6 Å². The van der Waals surface area contributed by atoms with E-state index < -0.39 is 0 Å². The minimum Gasteiger partial charge on any atom is -0.299 e. The molecule has 3 nitrogen and oxygen atoms in total. The fraction of sp³-hybridized carbons (Fsp3) is 0.615. The van der Waals surface area contributed by atoms with Crippen LogP contribution in [-0.2, 0) is 9.59 Å². The molecule has 16 heavy (non-hydrogen) atoms. The van der Waals surface area contributed by atoms with Gasteiger partial charge in [-0.3, -0.25) is 14.6 Å². The fourth-order valence-electron chi connectivity index (χ4n) is 1.52. The molecule has 0 atom stereocenters. The van der Waals surface area contributed by atoms with Crippen molar-refractivity contribution in [3.63, 3.8) is 0 Å². The highest BCUT2D eigenvalue weighted by molar-refractivity contribution is 6.27. The van der Waals surface area contributed by atoms with Crippen molar-refractivity contribution in [2.75, 3.05) is 6.54 Å². The van der Waals surface area contributed by atoms with Gasteiger partial charge in [-0.05, 0) is 0 Å². The second kappa shape index (κ2) is 5.19. The van der Waals surface area contributed by atoms with Gasteiger partial charge in [-0.2, -0.15) is 0 Å². The predicted octanol–water partition coefficient (Wildman–Crippen LogP) is 2.21. The maximum atomic E-state index is 11.8. The van der Waals surface area contributed by atoms with Crippen LogP contribution in [0.2, 0.25) is 0 Å². The average molecular weight is 221 g/mol. The zero-order valence-corrected chi connectivity index (χ0v) is 10.4. The van der Waals surface area contributed by atoms with Crippen LogP contribution in [0.25, 0.3) is 0 Å². The Bertz CT molecular complexity index is 362. The molecule has 0 aromatic carbocycles. The molecular formula is C13H19NO2. The third kappa shape index (κ3) is 2.87. The molecule has 1 heterocycles. The van der Waals surface area contributed by atoms with Crippen LogP contribution in [0.5, 0.6) is 0 Å². The van der Waals surface area contributed by atoms with Crippen molar-refractivity contribution in [1.29, 1.82) is 0 Å². The number of allylic oxidation sites excluding steroid dienone is 1. The van der Waals surface area contributed by atoms with Gasteiger partial charge in [0.05, 0.1) is 12.3 Å². The minimum atomic E-state index is -0.0382. The van der Waals surface area contributed by atoms with Crippen LogP contribution in [0, 0.1) is 11.8 Å². The first-order valence-electron chi connectivity index (χ1n) is 5.74. The van der Waals surface area contributed by atoms with Gasteiger partial charge in [0, 0.05) is 23.8 Å². The standard InChI is InChI=1S/C13H19NO2/c1-8(2)12(15)7-11-10(5-6-14-11)13(16)9(3)4/h5,8-9H,6-7H2,1-4H3. The smallest absolute Gasteiger partial charge is 0.166 e. The number of hydrogen-bond acceptors (Lipinski definition) is 3. The van der Waals surface area contributed by atoms with Crippen LogP contribution >= 0.6 is 0 Å². The zero-order chi connectivity index (χ0) is 12.3. The Kier molecular flexibility index (Phi) is 4.16. The molecule has 0 aromatic rings. The van der Waals surface area contributed by atoms with Gasteiger partial charge in [0.2, 0.25) is 0 Å². The van der Waals surface area contributed by atoms with Gasteiger partial charge >= 0.3 is 0 Å². The summed E-state index contributed by atoms with van der Waals surface area (Å²) in [5.74, 6) is 0.193. The van der Waals surface area contributed by atoms with Crippen LogP contribution in [0.4, 0.5) is 0 Å². The molecule has 0 spiro atoms. The zero-order valence-electron chi connectivity index (χ0n) is 10.4. The van der Waals surface area contributed by atoms with Crippen molar-refractivity contribution >= 4 is 17.3 Å². The molecule has 1 aliphatic rings. The normalized spacial score (nSPS) is 15.4. The molecule has 0 bridgehead atoms. The summed E-state index contributed by atoms with van der Waals surface area (Å²) in [6.45, 7) is 8.00. The van der Waals surface area contributed by atoms with E-state index in [0.717, 1.165) is 0 Å². The first-order valence-corrected chi connectivity index (χ1v) is 5.74. The topological polar surface area (TPSA) is 46.5 Å². The van der Waals surface area contributed by atoms with Gasteiger partial charge in [-0.25, -0.2) is 0 Å². The average Bonchev–Trinajstić information content (AvgIpc) is 2.64. The number of aliphatic imine (C=N–C) groups is 1. The molecular weight excluding hydrogens is 202 g/mol. The number of hydrogen-bond donors (Lipinski definition) is 0. The van der Waals surface area contributed by atoms with E-state index in [9.17, 15) is 9.59 Å². The number of carbonyl (C=O) groups excluding carboxylic acids is 2. The molecule has 0 fully saturated rings. The van der Waals surface area contributed by atoms with Crippen molar-refractivity contribution in [2.24, 2.45) is 16.8 Å². The predicted molar refractivity (Wildman–Crippen MR) is 64.7 cm³/mol. The molecule has 0 aromatic heterocycles. The summed E-state index contributed by atoms with van der Waals surface area (Å²) < 4.78 is 0. The molecule has 0 saturated heterocycles.